The molecule has 2 saturated carbocycles. The minimum Gasteiger partial charge on any atom is -0.481 e. The zero-order valence-electron chi connectivity index (χ0n) is 15.2. The Morgan fingerprint density at radius 3 is 2.38 bits per heavy atom. The van der Waals surface area contributed by atoms with Gasteiger partial charge in [-0.15, -0.1) is 11.6 Å². The molecular weight excluding hydrogens is 358 g/mol. The molecule has 26 heavy (non-hydrogen) atoms. The van der Waals surface area contributed by atoms with Gasteiger partial charge in [-0.1, -0.05) is 19.3 Å². The third kappa shape index (κ3) is 5.35. The Morgan fingerprint density at radius 2 is 1.81 bits per heavy atom. The number of alkyl halides is 1. The fourth-order valence-corrected chi connectivity index (χ4v) is 4.72. The topological polar surface area (TPSA) is 104 Å². The minimum absolute atomic E-state index is 0.0804. The monoisotopic (exact) mass is 387 g/mol. The summed E-state index contributed by atoms with van der Waals surface area (Å²) in [5, 5.41) is 21.8. The number of carbonyl (C=O) groups excluding carboxylic acids is 1. The van der Waals surface area contributed by atoms with Gasteiger partial charge in [-0.25, -0.2) is 0 Å². The summed E-state index contributed by atoms with van der Waals surface area (Å²) in [7, 11) is 0. The van der Waals surface area contributed by atoms with Crippen molar-refractivity contribution in [1.29, 1.82) is 0 Å². The third-order valence-electron chi connectivity index (χ3n) is 6.07. The van der Waals surface area contributed by atoms with Gasteiger partial charge in [-0.3, -0.25) is 14.4 Å². The summed E-state index contributed by atoms with van der Waals surface area (Å²) in [5.74, 6) is -2.28. The Kier molecular flexibility index (Phi) is 7.74. The summed E-state index contributed by atoms with van der Waals surface area (Å²) in [4.78, 5) is 35.9. The molecule has 0 saturated heterocycles. The lowest BCUT2D eigenvalue weighted by molar-refractivity contribution is -0.146. The van der Waals surface area contributed by atoms with E-state index < -0.39 is 29.2 Å². The summed E-state index contributed by atoms with van der Waals surface area (Å²) >= 11 is 5.71. The zero-order chi connectivity index (χ0) is 19.2. The number of nitrogens with one attached hydrogen (secondary N) is 1. The molecule has 148 valence electrons. The highest BCUT2D eigenvalue weighted by Gasteiger charge is 2.44. The first-order chi connectivity index (χ1) is 12.4. The third-order valence-corrected chi connectivity index (χ3v) is 6.34. The van der Waals surface area contributed by atoms with Crippen LogP contribution in [0.2, 0.25) is 0 Å². The van der Waals surface area contributed by atoms with Crippen LogP contribution in [0.3, 0.4) is 0 Å². The largest absolute Gasteiger partial charge is 0.481 e. The summed E-state index contributed by atoms with van der Waals surface area (Å²) in [6.45, 7) is 0. The molecule has 0 aromatic carbocycles. The van der Waals surface area contributed by atoms with Crippen LogP contribution in [0.1, 0.15) is 70.6 Å². The van der Waals surface area contributed by atoms with E-state index in [1.807, 2.05) is 0 Å². The van der Waals surface area contributed by atoms with Gasteiger partial charge in [0.2, 0.25) is 5.91 Å². The Balaban J connectivity index is 2.03. The first-order valence-corrected chi connectivity index (χ1v) is 10.2. The van der Waals surface area contributed by atoms with Crippen molar-refractivity contribution in [2.24, 2.45) is 17.3 Å². The molecule has 0 aliphatic heterocycles. The van der Waals surface area contributed by atoms with Gasteiger partial charge in [0.15, 0.2) is 0 Å². The molecular formula is C19H30ClNO5. The SMILES string of the molecule is O=C(O)C(CCCCl)CC1(C(=O)N[C@H]2CCC[C@@H](C(=O)O)C2)CCCC1. The fraction of sp³-hybridized carbons (Fsp3) is 0.842. The summed E-state index contributed by atoms with van der Waals surface area (Å²) in [6, 6.07) is -0.124. The lowest BCUT2D eigenvalue weighted by Gasteiger charge is -2.34. The van der Waals surface area contributed by atoms with Crippen LogP contribution in [0.5, 0.6) is 0 Å². The van der Waals surface area contributed by atoms with E-state index in [-0.39, 0.29) is 11.9 Å². The van der Waals surface area contributed by atoms with Crippen LogP contribution in [0.25, 0.3) is 0 Å². The Labute approximate surface area is 159 Å². The van der Waals surface area contributed by atoms with Crippen LogP contribution in [0.15, 0.2) is 0 Å². The van der Waals surface area contributed by atoms with Gasteiger partial charge in [0, 0.05) is 11.9 Å². The summed E-state index contributed by atoms with van der Waals surface area (Å²) in [5.41, 5.74) is -0.633. The lowest BCUT2D eigenvalue weighted by Crippen LogP contribution is -2.47. The van der Waals surface area contributed by atoms with Gasteiger partial charge in [-0.2, -0.15) is 0 Å². The van der Waals surface area contributed by atoms with Crippen molar-refractivity contribution in [3.8, 4) is 0 Å². The minimum atomic E-state index is -0.863. The highest BCUT2D eigenvalue weighted by molar-refractivity contribution is 6.17. The molecule has 0 heterocycles. The number of hydrogen-bond acceptors (Lipinski definition) is 3. The molecule has 0 bridgehead atoms. The first-order valence-electron chi connectivity index (χ1n) is 9.70. The molecule has 0 radical (unpaired) electrons. The molecule has 1 unspecified atom stereocenters. The van der Waals surface area contributed by atoms with Crippen molar-refractivity contribution in [3.05, 3.63) is 0 Å². The van der Waals surface area contributed by atoms with E-state index in [0.29, 0.717) is 50.8 Å². The predicted molar refractivity (Wildman–Crippen MR) is 98.1 cm³/mol. The van der Waals surface area contributed by atoms with Crippen LogP contribution in [-0.4, -0.2) is 40.0 Å². The van der Waals surface area contributed by atoms with Crippen LogP contribution in [-0.2, 0) is 14.4 Å². The number of amides is 1. The summed E-state index contributed by atoms with van der Waals surface area (Å²) < 4.78 is 0. The van der Waals surface area contributed by atoms with Gasteiger partial charge < -0.3 is 15.5 Å². The average Bonchev–Trinajstić information content (AvgIpc) is 3.08. The lowest BCUT2D eigenvalue weighted by atomic mass is 9.75. The predicted octanol–water partition coefficient (Wildman–Crippen LogP) is 3.42. The van der Waals surface area contributed by atoms with Crippen LogP contribution < -0.4 is 5.32 Å². The molecule has 3 atom stereocenters. The number of carboxylic acid groups (broad SMARTS) is 2. The second-order valence-electron chi connectivity index (χ2n) is 7.93. The molecule has 7 heteroatoms. The average molecular weight is 388 g/mol. The maximum atomic E-state index is 13.1. The molecule has 6 nitrogen and oxygen atoms in total. The Bertz CT molecular complexity index is 518. The molecule has 0 spiro atoms. The normalized spacial score (nSPS) is 26.2. The van der Waals surface area contributed by atoms with Gasteiger partial charge >= 0.3 is 11.9 Å². The zero-order valence-corrected chi connectivity index (χ0v) is 16.0. The first kappa shape index (κ1) is 21.0. The van der Waals surface area contributed by atoms with E-state index in [1.165, 1.54) is 0 Å². The van der Waals surface area contributed by atoms with Crippen molar-refractivity contribution >= 4 is 29.4 Å². The number of carbonyl (C=O) groups is 3. The van der Waals surface area contributed by atoms with Crippen molar-refractivity contribution in [2.45, 2.75) is 76.7 Å². The smallest absolute Gasteiger partial charge is 0.306 e. The summed E-state index contributed by atoms with van der Waals surface area (Å²) in [6.07, 6.45) is 7.44. The van der Waals surface area contributed by atoms with Crippen molar-refractivity contribution < 1.29 is 24.6 Å². The number of halogens is 1. The standard InChI is InChI=1S/C19H30ClNO5/c20-10-4-6-14(17(24)25)12-19(8-1-2-9-19)18(26)21-15-7-3-5-13(11-15)16(22)23/h13-15H,1-12H2,(H,21,26)(H,22,23)(H,24,25)/t13-,14?,15+/m1/s1. The quantitative estimate of drug-likeness (QED) is 0.526. The maximum Gasteiger partial charge on any atom is 0.306 e. The highest BCUT2D eigenvalue weighted by atomic mass is 35.5. The molecule has 2 rings (SSSR count). The van der Waals surface area contributed by atoms with Gasteiger partial charge in [0.05, 0.1) is 17.3 Å². The Morgan fingerprint density at radius 1 is 1.12 bits per heavy atom. The van der Waals surface area contributed by atoms with E-state index in [2.05, 4.69) is 5.32 Å². The second-order valence-corrected chi connectivity index (χ2v) is 8.31. The molecule has 0 aromatic rings. The molecule has 2 aliphatic carbocycles. The van der Waals surface area contributed by atoms with E-state index in [0.717, 1.165) is 25.7 Å². The van der Waals surface area contributed by atoms with E-state index >= 15 is 0 Å². The van der Waals surface area contributed by atoms with Crippen LogP contribution in [0.4, 0.5) is 0 Å². The van der Waals surface area contributed by atoms with E-state index in [9.17, 15) is 24.6 Å². The molecule has 1 amide bonds. The van der Waals surface area contributed by atoms with E-state index in [1.54, 1.807) is 0 Å². The molecule has 2 fully saturated rings. The number of rotatable bonds is 9. The molecule has 2 aliphatic rings. The van der Waals surface area contributed by atoms with Crippen LogP contribution in [0, 0.1) is 17.3 Å². The van der Waals surface area contributed by atoms with E-state index in [4.69, 9.17) is 11.6 Å². The van der Waals surface area contributed by atoms with Gasteiger partial charge in [0.25, 0.3) is 0 Å². The molecule has 0 aromatic heterocycles. The second kappa shape index (κ2) is 9.58. The number of carboxylic acids is 2. The van der Waals surface area contributed by atoms with Crippen molar-refractivity contribution in [1.82, 2.24) is 5.32 Å². The highest BCUT2D eigenvalue weighted by Crippen LogP contribution is 2.44. The van der Waals surface area contributed by atoms with Gasteiger partial charge in [-0.05, 0) is 51.4 Å². The number of aliphatic carboxylic acids is 2. The fourth-order valence-electron chi connectivity index (χ4n) is 4.57. The van der Waals surface area contributed by atoms with Crippen molar-refractivity contribution in [2.75, 3.05) is 5.88 Å². The van der Waals surface area contributed by atoms with Crippen LogP contribution >= 0.6 is 11.6 Å². The number of hydrogen-bond donors (Lipinski definition) is 3. The van der Waals surface area contributed by atoms with Crippen molar-refractivity contribution in [3.63, 3.8) is 0 Å². The maximum absolute atomic E-state index is 13.1. The Hall–Kier alpha value is -1.30. The van der Waals surface area contributed by atoms with Gasteiger partial charge in [0.1, 0.15) is 0 Å². The molecule has 3 N–H and O–H groups in total.